The molecule has 22 heavy (non-hydrogen) atoms. The first-order valence-electron chi connectivity index (χ1n) is 7.76. The molecule has 0 N–H and O–H groups in total. The molecule has 1 aliphatic heterocycles. The summed E-state index contributed by atoms with van der Waals surface area (Å²) in [5.41, 5.74) is 3.38. The number of benzene rings is 2. The first-order chi connectivity index (χ1) is 10.7. The lowest BCUT2D eigenvalue weighted by atomic mass is 10.1. The minimum Gasteiger partial charge on any atom is -0.342 e. The lowest BCUT2D eigenvalue weighted by molar-refractivity contribution is 0.395. The summed E-state index contributed by atoms with van der Waals surface area (Å²) in [6, 6.07) is 15.8. The molecule has 1 aliphatic rings. The molecule has 1 atom stereocenters. The molecule has 3 aromatic rings. The molecule has 0 amide bonds. The molecule has 1 saturated heterocycles. The van der Waals surface area contributed by atoms with Gasteiger partial charge in [-0.2, -0.15) is 0 Å². The van der Waals surface area contributed by atoms with Crippen LogP contribution in [-0.2, 0) is 0 Å². The van der Waals surface area contributed by atoms with E-state index in [2.05, 4.69) is 34.8 Å². The molecule has 3 heteroatoms. The van der Waals surface area contributed by atoms with E-state index in [1.807, 2.05) is 24.3 Å². The van der Waals surface area contributed by atoms with Crippen molar-refractivity contribution in [2.75, 3.05) is 20.1 Å². The van der Waals surface area contributed by atoms with Crippen molar-refractivity contribution >= 4 is 10.9 Å². The van der Waals surface area contributed by atoms with Gasteiger partial charge in [-0.1, -0.05) is 30.3 Å². The van der Waals surface area contributed by atoms with Crippen LogP contribution in [0.2, 0.25) is 0 Å². The minimum absolute atomic E-state index is 0.175. The zero-order valence-corrected chi connectivity index (χ0v) is 12.7. The van der Waals surface area contributed by atoms with Gasteiger partial charge < -0.3 is 9.47 Å². The summed E-state index contributed by atoms with van der Waals surface area (Å²) >= 11 is 0. The normalized spacial score (nSPS) is 19.1. The van der Waals surface area contributed by atoms with Gasteiger partial charge in [-0.15, -0.1) is 0 Å². The quantitative estimate of drug-likeness (QED) is 0.683. The second kappa shape index (κ2) is 5.25. The van der Waals surface area contributed by atoms with E-state index in [4.69, 9.17) is 0 Å². The van der Waals surface area contributed by atoms with E-state index in [0.717, 1.165) is 41.5 Å². The van der Waals surface area contributed by atoms with Gasteiger partial charge in [0.05, 0.1) is 0 Å². The van der Waals surface area contributed by atoms with Gasteiger partial charge in [-0.3, -0.25) is 0 Å². The van der Waals surface area contributed by atoms with Crippen LogP contribution in [0, 0.1) is 5.82 Å². The van der Waals surface area contributed by atoms with Crippen LogP contribution in [-0.4, -0.2) is 29.6 Å². The number of likely N-dealkylation sites (N-methyl/N-ethyl adjacent to an activating group) is 1. The summed E-state index contributed by atoms with van der Waals surface area (Å²) < 4.78 is 16.1. The van der Waals surface area contributed by atoms with E-state index >= 15 is 0 Å². The summed E-state index contributed by atoms with van der Waals surface area (Å²) in [5.74, 6) is -0.175. The maximum absolute atomic E-state index is 13.8. The third kappa shape index (κ3) is 2.22. The molecular formula is C19H19FN2. The average molecular weight is 294 g/mol. The minimum atomic E-state index is -0.175. The highest BCUT2D eigenvalue weighted by molar-refractivity contribution is 5.96. The summed E-state index contributed by atoms with van der Waals surface area (Å²) in [6.45, 7) is 2.17. The topological polar surface area (TPSA) is 8.17 Å². The van der Waals surface area contributed by atoms with E-state index in [-0.39, 0.29) is 5.82 Å². The van der Waals surface area contributed by atoms with Crippen LogP contribution in [0.5, 0.6) is 0 Å². The predicted octanol–water partition coefficient (Wildman–Crippen LogP) is 4.32. The maximum atomic E-state index is 13.8. The molecule has 112 valence electrons. The maximum Gasteiger partial charge on any atom is 0.123 e. The van der Waals surface area contributed by atoms with Gasteiger partial charge in [0, 0.05) is 35.2 Å². The van der Waals surface area contributed by atoms with Crippen LogP contribution < -0.4 is 0 Å². The van der Waals surface area contributed by atoms with E-state index in [9.17, 15) is 4.39 Å². The van der Waals surface area contributed by atoms with Crippen molar-refractivity contribution in [2.45, 2.75) is 12.5 Å². The zero-order chi connectivity index (χ0) is 15.1. The Morgan fingerprint density at radius 1 is 1.09 bits per heavy atom. The first kappa shape index (κ1) is 13.5. The average Bonchev–Trinajstić information content (AvgIpc) is 3.11. The van der Waals surface area contributed by atoms with Gasteiger partial charge in [-0.05, 0) is 43.8 Å². The standard InChI is InChI=1S/C19H19FN2/c1-21-10-9-16(12-21)22-13-18(14-5-3-2-4-6-14)17-11-15(20)7-8-19(17)22/h2-8,11,13,16H,9-10,12H2,1H3. The van der Waals surface area contributed by atoms with Crippen LogP contribution in [0.1, 0.15) is 12.5 Å². The molecule has 1 aromatic heterocycles. The molecule has 0 radical (unpaired) electrons. The predicted molar refractivity (Wildman–Crippen MR) is 88.5 cm³/mol. The largest absolute Gasteiger partial charge is 0.342 e. The van der Waals surface area contributed by atoms with Crippen molar-refractivity contribution in [3.05, 3.63) is 60.5 Å². The van der Waals surface area contributed by atoms with Crippen molar-refractivity contribution in [3.8, 4) is 11.1 Å². The van der Waals surface area contributed by atoms with Crippen LogP contribution >= 0.6 is 0 Å². The van der Waals surface area contributed by atoms with Crippen molar-refractivity contribution in [1.29, 1.82) is 0 Å². The Labute approximate surface area is 129 Å². The number of likely N-dealkylation sites (tertiary alicyclic amines) is 1. The summed E-state index contributed by atoms with van der Waals surface area (Å²) in [7, 11) is 2.16. The van der Waals surface area contributed by atoms with E-state index in [1.54, 1.807) is 12.1 Å². The Morgan fingerprint density at radius 2 is 1.91 bits per heavy atom. The third-order valence-corrected chi connectivity index (χ3v) is 4.64. The van der Waals surface area contributed by atoms with Gasteiger partial charge in [-0.25, -0.2) is 4.39 Å². The second-order valence-corrected chi connectivity index (χ2v) is 6.18. The summed E-state index contributed by atoms with van der Waals surface area (Å²) in [4.78, 5) is 2.35. The summed E-state index contributed by atoms with van der Waals surface area (Å²) in [5, 5.41) is 1.00. The zero-order valence-electron chi connectivity index (χ0n) is 12.7. The van der Waals surface area contributed by atoms with Crippen molar-refractivity contribution in [2.24, 2.45) is 0 Å². The Bertz CT molecular complexity index is 807. The highest BCUT2D eigenvalue weighted by Crippen LogP contribution is 2.35. The highest BCUT2D eigenvalue weighted by Gasteiger charge is 2.23. The SMILES string of the molecule is CN1CCC(n2cc(-c3ccccc3)c3cc(F)ccc32)C1. The number of nitrogens with zero attached hydrogens (tertiary/aromatic N) is 2. The summed E-state index contributed by atoms with van der Waals surface area (Å²) in [6.07, 6.45) is 3.34. The number of fused-ring (bicyclic) bond motifs is 1. The van der Waals surface area contributed by atoms with Gasteiger partial charge in [0.1, 0.15) is 5.82 Å². The van der Waals surface area contributed by atoms with Crippen molar-refractivity contribution in [1.82, 2.24) is 9.47 Å². The van der Waals surface area contributed by atoms with Gasteiger partial charge >= 0.3 is 0 Å². The molecule has 0 bridgehead atoms. The van der Waals surface area contributed by atoms with Crippen LogP contribution in [0.15, 0.2) is 54.7 Å². The Kier molecular flexibility index (Phi) is 3.23. The fourth-order valence-corrected chi connectivity index (χ4v) is 3.52. The molecule has 1 fully saturated rings. The molecule has 1 unspecified atom stereocenters. The van der Waals surface area contributed by atoms with Crippen LogP contribution in [0.3, 0.4) is 0 Å². The molecule has 2 aromatic carbocycles. The monoisotopic (exact) mass is 294 g/mol. The fourth-order valence-electron chi connectivity index (χ4n) is 3.52. The number of hydrogen-bond donors (Lipinski definition) is 0. The molecule has 0 spiro atoms. The number of hydrogen-bond acceptors (Lipinski definition) is 1. The van der Waals surface area contributed by atoms with E-state index in [1.165, 1.54) is 0 Å². The molecule has 2 heterocycles. The molecule has 2 nitrogen and oxygen atoms in total. The van der Waals surface area contributed by atoms with E-state index < -0.39 is 0 Å². The number of rotatable bonds is 2. The van der Waals surface area contributed by atoms with Gasteiger partial charge in [0.15, 0.2) is 0 Å². The van der Waals surface area contributed by atoms with E-state index in [0.29, 0.717) is 6.04 Å². The molecular weight excluding hydrogens is 275 g/mol. The molecule has 0 aliphatic carbocycles. The lowest BCUT2D eigenvalue weighted by Crippen LogP contribution is -2.15. The fraction of sp³-hybridized carbons (Fsp3) is 0.263. The van der Waals surface area contributed by atoms with Crippen LogP contribution in [0.25, 0.3) is 22.0 Å². The number of halogens is 1. The van der Waals surface area contributed by atoms with Crippen molar-refractivity contribution in [3.63, 3.8) is 0 Å². The molecule has 4 rings (SSSR count). The van der Waals surface area contributed by atoms with Crippen molar-refractivity contribution < 1.29 is 4.39 Å². The lowest BCUT2D eigenvalue weighted by Gasteiger charge is -2.14. The molecule has 0 saturated carbocycles. The Hall–Kier alpha value is -2.13. The van der Waals surface area contributed by atoms with Gasteiger partial charge in [0.25, 0.3) is 0 Å². The Balaban J connectivity index is 1.92. The first-order valence-corrected chi connectivity index (χ1v) is 7.76. The third-order valence-electron chi connectivity index (χ3n) is 4.64. The second-order valence-electron chi connectivity index (χ2n) is 6.18. The number of aromatic nitrogens is 1. The Morgan fingerprint density at radius 3 is 2.64 bits per heavy atom. The van der Waals surface area contributed by atoms with Gasteiger partial charge in [0.2, 0.25) is 0 Å². The highest BCUT2D eigenvalue weighted by atomic mass is 19.1. The van der Waals surface area contributed by atoms with Crippen LogP contribution in [0.4, 0.5) is 4.39 Å². The smallest absolute Gasteiger partial charge is 0.123 e.